The summed E-state index contributed by atoms with van der Waals surface area (Å²) < 4.78 is 0. The molecular weight excluding hydrogens is 406 g/mol. The van der Waals surface area contributed by atoms with Crippen LogP contribution in [0.15, 0.2) is 0 Å². The van der Waals surface area contributed by atoms with E-state index in [4.69, 9.17) is 0 Å². The van der Waals surface area contributed by atoms with Crippen LogP contribution >= 0.6 is 0 Å². The summed E-state index contributed by atoms with van der Waals surface area (Å²) in [7, 11) is 0. The Labute approximate surface area is 115 Å². The maximum Gasteiger partial charge on any atom is 0 e. The summed E-state index contributed by atoms with van der Waals surface area (Å²) in [4.78, 5) is 0. The van der Waals surface area contributed by atoms with Crippen molar-refractivity contribution in [1.82, 2.24) is 0 Å². The van der Waals surface area contributed by atoms with Crippen LogP contribution in [-0.4, -0.2) is 54.8 Å². The molecule has 0 aromatic carbocycles. The zero-order chi connectivity index (χ0) is 0. The molecule has 0 aromatic heterocycles. The van der Waals surface area contributed by atoms with Crippen LogP contribution in [0.5, 0.6) is 0 Å². The molecule has 0 aromatic rings. The van der Waals surface area contributed by atoms with E-state index in [9.17, 15) is 0 Å². The summed E-state index contributed by atoms with van der Waals surface area (Å²) in [6.07, 6.45) is 0. The van der Waals surface area contributed by atoms with E-state index in [1.54, 1.807) is 0 Å². The van der Waals surface area contributed by atoms with Gasteiger partial charge in [-0.2, -0.15) is 0 Å². The molecule has 0 amide bonds. The van der Waals surface area contributed by atoms with E-state index in [0.717, 1.165) is 0 Å². The van der Waals surface area contributed by atoms with Crippen molar-refractivity contribution in [1.29, 1.82) is 0 Å². The second kappa shape index (κ2) is 25.2. The van der Waals surface area contributed by atoms with Crippen molar-refractivity contribution >= 4 is 54.8 Å². The van der Waals surface area contributed by atoms with Crippen molar-refractivity contribution in [2.75, 3.05) is 0 Å². The predicted octanol–water partition coefficient (Wildman–Crippen LogP) is -0.812. The van der Waals surface area contributed by atoms with Crippen molar-refractivity contribution in [3.63, 3.8) is 0 Å². The molecule has 0 spiro atoms. The number of hydrogen-bond donors (Lipinski definition) is 0. The van der Waals surface area contributed by atoms with Gasteiger partial charge in [-0.1, -0.05) is 0 Å². The van der Waals surface area contributed by atoms with Crippen LogP contribution in [0.25, 0.3) is 0 Å². The summed E-state index contributed by atoms with van der Waals surface area (Å²) in [5, 5.41) is 0. The van der Waals surface area contributed by atoms with E-state index >= 15 is 0 Å². The van der Waals surface area contributed by atoms with Gasteiger partial charge in [-0.25, -0.2) is 0 Å². The molecule has 5 heteroatoms. The molecule has 0 nitrogen and oxygen atoms in total. The monoisotopic (exact) mass is 410 g/mol. The molecule has 0 fully saturated rings. The molecule has 0 saturated carbocycles. The van der Waals surface area contributed by atoms with Crippen molar-refractivity contribution in [3.8, 4) is 0 Å². The van der Waals surface area contributed by atoms with Crippen molar-refractivity contribution in [2.24, 2.45) is 0 Å². The van der Waals surface area contributed by atoms with E-state index in [2.05, 4.69) is 0 Å². The van der Waals surface area contributed by atoms with Gasteiger partial charge in [0.25, 0.3) is 0 Å². The third-order valence-corrected chi connectivity index (χ3v) is 0. The van der Waals surface area contributed by atoms with Crippen LogP contribution in [0.4, 0.5) is 0 Å². The first-order chi connectivity index (χ1) is 0. The van der Waals surface area contributed by atoms with Crippen molar-refractivity contribution in [3.05, 3.63) is 0 Å². The summed E-state index contributed by atoms with van der Waals surface area (Å²) >= 11 is 0. The average molecular weight is 409 g/mol. The molecule has 0 atom stereocenters. The standard InChI is InChI=1S/Ca.Mn.HSe.Ti.W.2H/h;;1H;;;;/q+2;;;;;2*-1. The van der Waals surface area contributed by atoms with E-state index in [1.807, 2.05) is 0 Å². The van der Waals surface area contributed by atoms with Gasteiger partial charge >= 0.3 is 54.8 Å². The predicted molar refractivity (Wildman–Crippen MR) is 15.1 cm³/mol. The first-order valence-electron chi connectivity index (χ1n) is 0. The molecule has 0 unspecified atom stereocenters. The minimum Gasteiger partial charge on any atom is 0 e. The molecular formula is H3CaMnSeTiW. The fourth-order valence-corrected chi connectivity index (χ4v) is 0. The van der Waals surface area contributed by atoms with Gasteiger partial charge in [0.05, 0.1) is 0 Å². The number of hydrogen-bond acceptors (Lipinski definition) is 0. The maximum atomic E-state index is 0. The zero-order valence-electron chi connectivity index (χ0n) is 4.44. The largest absolute Gasteiger partial charge is 0 e. The Morgan fingerprint density at radius 2 is 1.20 bits per heavy atom. The van der Waals surface area contributed by atoms with Gasteiger partial charge in [0.2, 0.25) is 0 Å². The fraction of sp³-hybridized carbons (Fsp3) is 0. The van der Waals surface area contributed by atoms with Gasteiger partial charge in [0, 0.05) is 59.9 Å². The SMILES string of the molecule is [Ca+2].[H-].[H-].[Mn].[SeH].[Ti].[W]. The van der Waals surface area contributed by atoms with E-state index in [-0.39, 0.29) is 118 Å². The molecule has 0 aliphatic rings. The Hall–Kier alpha value is 3.70. The Morgan fingerprint density at radius 3 is 1.20 bits per heavy atom. The summed E-state index contributed by atoms with van der Waals surface area (Å²) in [5.41, 5.74) is 0. The van der Waals surface area contributed by atoms with Gasteiger partial charge in [-0.3, -0.25) is 0 Å². The second-order valence-corrected chi connectivity index (χ2v) is 0. The van der Waals surface area contributed by atoms with Crippen LogP contribution in [0, 0.1) is 0 Å². The van der Waals surface area contributed by atoms with E-state index < -0.39 is 0 Å². The van der Waals surface area contributed by atoms with Crippen molar-refractivity contribution in [2.45, 2.75) is 0 Å². The third-order valence-electron chi connectivity index (χ3n) is 0. The average Bonchev–Trinajstić information content (AvgIpc) is 0. The molecule has 0 heterocycles. The van der Waals surface area contributed by atoms with Crippen LogP contribution in [0.1, 0.15) is 2.85 Å². The van der Waals surface area contributed by atoms with Gasteiger partial charge in [-0.15, -0.1) is 0 Å². The molecule has 0 aliphatic carbocycles. The topological polar surface area (TPSA) is 0 Å². The van der Waals surface area contributed by atoms with Crippen LogP contribution in [0.2, 0.25) is 0 Å². The Morgan fingerprint density at radius 1 is 1.20 bits per heavy atom. The minimum atomic E-state index is 0. The smallest absolute Gasteiger partial charge is 0 e. The molecule has 0 saturated heterocycles. The summed E-state index contributed by atoms with van der Waals surface area (Å²) in [6, 6.07) is 0. The Kier molecular flexibility index (Phi) is 190. The first kappa shape index (κ1) is 37.7. The Bertz CT molecular complexity index is 17.7. The van der Waals surface area contributed by atoms with Crippen LogP contribution in [0.3, 0.4) is 0 Å². The first-order valence-corrected chi connectivity index (χ1v) is 0. The van der Waals surface area contributed by atoms with E-state index in [0.29, 0.717) is 0 Å². The molecule has 0 bridgehead atoms. The summed E-state index contributed by atoms with van der Waals surface area (Å²) in [6.45, 7) is 0. The third kappa shape index (κ3) is 18.3. The number of rotatable bonds is 0. The minimum absolute atomic E-state index is 0. The van der Waals surface area contributed by atoms with E-state index in [1.165, 1.54) is 0 Å². The molecule has 5 heavy (non-hydrogen) atoms. The Balaban J connectivity index is 0. The molecule has 28 valence electrons. The van der Waals surface area contributed by atoms with Gasteiger partial charge in [0.1, 0.15) is 0 Å². The molecule has 2 radical (unpaired) electrons. The zero-order valence-corrected chi connectivity index (χ0v) is 12.2. The quantitative estimate of drug-likeness (QED) is 0.460. The summed E-state index contributed by atoms with van der Waals surface area (Å²) in [5.74, 6) is 0. The fourth-order valence-electron chi connectivity index (χ4n) is 0. The van der Waals surface area contributed by atoms with Crippen LogP contribution in [-0.2, 0) is 59.9 Å². The van der Waals surface area contributed by atoms with Crippen molar-refractivity contribution < 1.29 is 62.7 Å². The molecule has 0 rings (SSSR count). The van der Waals surface area contributed by atoms with Crippen LogP contribution < -0.4 is 0 Å². The normalized spacial score (nSPS) is 0. The van der Waals surface area contributed by atoms with Gasteiger partial charge < -0.3 is 2.85 Å². The van der Waals surface area contributed by atoms with Gasteiger partial charge in [0.15, 0.2) is 0 Å². The second-order valence-electron chi connectivity index (χ2n) is 0. The molecule has 0 N–H and O–H groups in total. The maximum absolute atomic E-state index is 0. The molecule has 0 aliphatic heterocycles. The van der Waals surface area contributed by atoms with Gasteiger partial charge in [-0.05, 0) is 0 Å².